The number of nitrogens with one attached hydrogen (secondary N) is 1. The molecule has 13 nitrogen and oxygen atoms in total. The number of carbonyl (C=O) groups is 4. The van der Waals surface area contributed by atoms with Gasteiger partial charge in [0.15, 0.2) is 0 Å². The van der Waals surface area contributed by atoms with Crippen LogP contribution in [-0.4, -0.2) is 53.5 Å². The molecule has 2 aromatic carbocycles. The number of esters is 1. The molecule has 1 fully saturated rings. The van der Waals surface area contributed by atoms with Crippen molar-refractivity contribution < 1.29 is 32.3 Å². The number of hydrogen-bond acceptors (Lipinski definition) is 11. The normalized spacial score (nSPS) is 19.0. The average molecular weight is 680 g/mol. The number of benzene rings is 2. The molecule has 3 N–H and O–H groups in total. The molecular formula is C30H25N5O8S3. The van der Waals surface area contributed by atoms with Gasteiger partial charge in [0, 0.05) is 28.9 Å². The fourth-order valence-electron chi connectivity index (χ4n) is 5.46. The molecular weight excluding hydrogens is 655 g/mol. The lowest BCUT2D eigenvalue weighted by Gasteiger charge is -2.30. The lowest BCUT2D eigenvalue weighted by Crippen LogP contribution is -2.33. The van der Waals surface area contributed by atoms with Crippen LogP contribution < -0.4 is 20.2 Å². The van der Waals surface area contributed by atoms with Crippen LogP contribution >= 0.6 is 23.1 Å². The van der Waals surface area contributed by atoms with Crippen molar-refractivity contribution in [2.45, 2.75) is 34.6 Å². The van der Waals surface area contributed by atoms with E-state index >= 15 is 0 Å². The molecule has 0 unspecified atom stereocenters. The smallest absolute Gasteiger partial charge is 0.338 e. The fraction of sp³-hybridized carbons (Fsp3) is 0.200. The van der Waals surface area contributed by atoms with Gasteiger partial charge in [-0.05, 0) is 67.1 Å². The molecule has 4 heterocycles. The zero-order valence-corrected chi connectivity index (χ0v) is 26.4. The third kappa shape index (κ3) is 5.75. The first-order chi connectivity index (χ1) is 22.0. The minimum atomic E-state index is -3.92. The quantitative estimate of drug-likeness (QED) is 0.207. The Morgan fingerprint density at radius 3 is 2.37 bits per heavy atom. The lowest BCUT2D eigenvalue weighted by atomic mass is 9.84. The first-order valence-electron chi connectivity index (χ1n) is 13.9. The highest BCUT2D eigenvalue weighted by atomic mass is 32.2. The van der Waals surface area contributed by atoms with Crippen molar-refractivity contribution in [3.63, 3.8) is 0 Å². The molecule has 4 aromatic rings. The van der Waals surface area contributed by atoms with Crippen LogP contribution in [0, 0.1) is 5.92 Å². The molecule has 0 radical (unpaired) electrons. The molecule has 2 aliphatic heterocycles. The SMILES string of the molecule is CCOC(=O)c1ccc(N2C(=O)[C@@H]3[C@H](c4cccnc4)c4sc(=O)n(CC(=O)Nc5ccc(S(N)(=O)=O)cc5)c4S[C@@H]3C2=O)cc1. The second-order valence-electron chi connectivity index (χ2n) is 10.3. The van der Waals surface area contributed by atoms with Crippen LogP contribution in [0.25, 0.3) is 0 Å². The molecule has 16 heteroatoms. The third-order valence-corrected chi connectivity index (χ3v) is 11.0. The van der Waals surface area contributed by atoms with Crippen LogP contribution in [0.15, 0.2) is 87.8 Å². The van der Waals surface area contributed by atoms with E-state index in [9.17, 15) is 32.4 Å². The number of hydrogen-bond donors (Lipinski definition) is 2. The third-order valence-electron chi connectivity index (χ3n) is 7.50. The number of nitrogens with zero attached hydrogens (tertiary/aromatic N) is 3. The van der Waals surface area contributed by atoms with Crippen LogP contribution in [0.2, 0.25) is 0 Å². The predicted octanol–water partition coefficient (Wildman–Crippen LogP) is 2.56. The number of sulfonamides is 1. The first kappa shape index (κ1) is 31.3. The summed E-state index contributed by atoms with van der Waals surface area (Å²) in [5.74, 6) is -3.60. The summed E-state index contributed by atoms with van der Waals surface area (Å²) in [6.07, 6.45) is 3.16. The van der Waals surface area contributed by atoms with Crippen molar-refractivity contribution in [1.82, 2.24) is 9.55 Å². The number of ether oxygens (including phenoxy) is 1. The van der Waals surface area contributed by atoms with Gasteiger partial charge in [-0.15, -0.1) is 0 Å². The Morgan fingerprint density at radius 1 is 1.02 bits per heavy atom. The van der Waals surface area contributed by atoms with Crippen LogP contribution in [-0.2, 0) is 35.7 Å². The van der Waals surface area contributed by atoms with E-state index < -0.39 is 62.2 Å². The highest BCUT2D eigenvalue weighted by molar-refractivity contribution is 8.00. The number of aromatic nitrogens is 2. The van der Waals surface area contributed by atoms with Crippen LogP contribution in [0.5, 0.6) is 0 Å². The van der Waals surface area contributed by atoms with Gasteiger partial charge in [-0.3, -0.25) is 28.7 Å². The summed E-state index contributed by atoms with van der Waals surface area (Å²) < 4.78 is 29.4. The Balaban J connectivity index is 1.32. The first-order valence-corrected chi connectivity index (χ1v) is 17.1. The largest absolute Gasteiger partial charge is 0.462 e. The van der Waals surface area contributed by atoms with Gasteiger partial charge in [0.2, 0.25) is 27.7 Å². The number of nitrogens with two attached hydrogens (primary N) is 1. The number of thioether (sulfide) groups is 1. The number of anilines is 2. The molecule has 0 spiro atoms. The van der Waals surface area contributed by atoms with Gasteiger partial charge in [-0.25, -0.2) is 23.3 Å². The lowest BCUT2D eigenvalue weighted by molar-refractivity contribution is -0.122. The molecule has 6 rings (SSSR count). The van der Waals surface area contributed by atoms with Crippen molar-refractivity contribution >= 4 is 68.2 Å². The predicted molar refractivity (Wildman–Crippen MR) is 169 cm³/mol. The second kappa shape index (κ2) is 12.3. The zero-order chi connectivity index (χ0) is 32.7. The number of fused-ring (bicyclic) bond motifs is 2. The summed E-state index contributed by atoms with van der Waals surface area (Å²) in [5.41, 5.74) is 1.48. The minimum Gasteiger partial charge on any atom is -0.462 e. The van der Waals surface area contributed by atoms with E-state index in [2.05, 4.69) is 10.3 Å². The number of carbonyl (C=O) groups excluding carboxylic acids is 4. The minimum absolute atomic E-state index is 0.124. The summed E-state index contributed by atoms with van der Waals surface area (Å²) in [4.78, 5) is 71.7. The van der Waals surface area contributed by atoms with E-state index in [1.165, 1.54) is 53.1 Å². The van der Waals surface area contributed by atoms with Gasteiger partial charge in [0.25, 0.3) is 0 Å². The second-order valence-corrected chi connectivity index (χ2v) is 14.0. The number of pyridine rings is 1. The molecule has 46 heavy (non-hydrogen) atoms. The maximum Gasteiger partial charge on any atom is 0.338 e. The molecule has 236 valence electrons. The maximum absolute atomic E-state index is 14.0. The Morgan fingerprint density at radius 2 is 1.74 bits per heavy atom. The van der Waals surface area contributed by atoms with E-state index in [-0.39, 0.29) is 28.4 Å². The van der Waals surface area contributed by atoms with Gasteiger partial charge < -0.3 is 10.1 Å². The number of amides is 3. The number of primary sulfonamides is 1. The van der Waals surface area contributed by atoms with Crippen molar-refractivity contribution in [3.05, 3.63) is 98.7 Å². The summed E-state index contributed by atoms with van der Waals surface area (Å²) in [5, 5.41) is 7.25. The molecule has 1 saturated heterocycles. The summed E-state index contributed by atoms with van der Waals surface area (Å²) in [6, 6.07) is 14.7. The molecule has 0 saturated carbocycles. The van der Waals surface area contributed by atoms with Crippen molar-refractivity contribution in [2.75, 3.05) is 16.8 Å². The molecule has 3 atom stereocenters. The highest BCUT2D eigenvalue weighted by Crippen LogP contribution is 2.53. The van der Waals surface area contributed by atoms with Crippen molar-refractivity contribution in [3.8, 4) is 0 Å². The van der Waals surface area contributed by atoms with E-state index in [0.717, 1.165) is 28.0 Å². The van der Waals surface area contributed by atoms with Gasteiger partial charge in [0.05, 0.1) is 33.7 Å². The van der Waals surface area contributed by atoms with E-state index in [4.69, 9.17) is 9.88 Å². The monoisotopic (exact) mass is 679 g/mol. The van der Waals surface area contributed by atoms with Crippen molar-refractivity contribution in [2.24, 2.45) is 11.1 Å². The van der Waals surface area contributed by atoms with E-state index in [1.807, 2.05) is 0 Å². The van der Waals surface area contributed by atoms with Crippen LogP contribution in [0.3, 0.4) is 0 Å². The summed E-state index contributed by atoms with van der Waals surface area (Å²) >= 11 is 1.95. The Labute approximate surface area is 270 Å². The average Bonchev–Trinajstić information content (AvgIpc) is 3.47. The summed E-state index contributed by atoms with van der Waals surface area (Å²) in [6.45, 7) is 1.49. The van der Waals surface area contributed by atoms with Gasteiger partial charge in [-0.2, -0.15) is 0 Å². The molecule has 0 aliphatic carbocycles. The zero-order valence-electron chi connectivity index (χ0n) is 24.0. The van der Waals surface area contributed by atoms with Crippen LogP contribution in [0.1, 0.15) is 33.6 Å². The van der Waals surface area contributed by atoms with Gasteiger partial charge in [-0.1, -0.05) is 29.2 Å². The van der Waals surface area contributed by atoms with E-state index in [1.54, 1.807) is 31.5 Å². The van der Waals surface area contributed by atoms with Gasteiger partial charge in [0.1, 0.15) is 11.8 Å². The number of imide groups is 1. The highest BCUT2D eigenvalue weighted by Gasteiger charge is 2.57. The van der Waals surface area contributed by atoms with E-state index in [0.29, 0.717) is 15.5 Å². The molecule has 0 bridgehead atoms. The van der Waals surface area contributed by atoms with Crippen LogP contribution in [0.4, 0.5) is 11.4 Å². The molecule has 2 aromatic heterocycles. The summed E-state index contributed by atoms with van der Waals surface area (Å²) in [7, 11) is -3.92. The van der Waals surface area contributed by atoms with Gasteiger partial charge >= 0.3 is 10.8 Å². The maximum atomic E-state index is 14.0. The van der Waals surface area contributed by atoms with Crippen molar-refractivity contribution in [1.29, 1.82) is 0 Å². The number of thiazole rings is 1. The molecule has 3 amide bonds. The fourth-order valence-corrected chi connectivity index (χ4v) is 8.75. The Hall–Kier alpha value is -4.64. The number of rotatable bonds is 8. The molecule has 2 aliphatic rings. The Bertz CT molecular complexity index is 2030. The standard InChI is InChI=1S/C30H25N5O8S3/c1-2-43-29(39)16-5-9-19(10-6-16)35-26(37)23-22(17-4-3-13-32-14-17)25-28(44-24(23)27(35)38)34(30(40)45-25)15-21(36)33-18-7-11-20(12-8-18)46(31,41)42/h3-14,22-24H,2,15H2,1H3,(H,33,36)(H2,31,41,42)/t22-,23+,24-/m0/s1. The topological polar surface area (TPSA) is 188 Å². The Kier molecular flexibility index (Phi) is 8.37.